The molecule has 0 fully saturated rings. The second-order valence-corrected chi connectivity index (χ2v) is 2.38. The predicted molar refractivity (Wildman–Crippen MR) is 41.3 cm³/mol. The van der Waals surface area contributed by atoms with Gasteiger partial charge in [0.05, 0.1) is 0 Å². The van der Waals surface area contributed by atoms with E-state index >= 15 is 0 Å². The van der Waals surface area contributed by atoms with E-state index in [1.165, 1.54) is 0 Å². The molecule has 9 heavy (non-hydrogen) atoms. The number of hydrogen-bond donors (Lipinski definition) is 2. The van der Waals surface area contributed by atoms with Gasteiger partial charge in [0.1, 0.15) is 0 Å². The minimum atomic E-state index is 0.479. The van der Waals surface area contributed by atoms with Gasteiger partial charge in [0.15, 0.2) is 0 Å². The lowest BCUT2D eigenvalue weighted by molar-refractivity contribution is 0.576. The molecule has 1 unspecified atom stereocenters. The van der Waals surface area contributed by atoms with Gasteiger partial charge in [0.25, 0.3) is 0 Å². The number of likely N-dealkylation sites (N-methyl/N-ethyl adjacent to an activating group) is 1. The van der Waals surface area contributed by atoms with Gasteiger partial charge in [0.2, 0.25) is 0 Å². The minimum Gasteiger partial charge on any atom is -0.385 e. The van der Waals surface area contributed by atoms with E-state index in [-0.39, 0.29) is 0 Å². The van der Waals surface area contributed by atoms with Crippen LogP contribution in [0.5, 0.6) is 0 Å². The summed E-state index contributed by atoms with van der Waals surface area (Å²) in [6.45, 7) is 8.80. The molecule has 0 aromatic heterocycles. The fourth-order valence-electron chi connectivity index (χ4n) is 0.778. The van der Waals surface area contributed by atoms with Crippen molar-refractivity contribution in [3.05, 3.63) is 12.3 Å². The van der Waals surface area contributed by atoms with E-state index in [2.05, 4.69) is 24.1 Å². The molecule has 0 aliphatic heterocycles. The molecule has 0 aliphatic rings. The van der Waals surface area contributed by atoms with Crippen LogP contribution in [0, 0.1) is 0 Å². The van der Waals surface area contributed by atoms with Gasteiger partial charge in [-0.1, -0.05) is 6.58 Å². The third kappa shape index (κ3) is 5.37. The quantitative estimate of drug-likeness (QED) is 0.583. The van der Waals surface area contributed by atoms with Crippen molar-refractivity contribution in [3.63, 3.8) is 0 Å². The lowest BCUT2D eigenvalue weighted by atomic mass is 10.3. The van der Waals surface area contributed by atoms with Crippen LogP contribution in [0.2, 0.25) is 0 Å². The molecule has 0 radical (unpaired) electrons. The molecule has 1 atom stereocenters. The summed E-state index contributed by atoms with van der Waals surface area (Å²) in [6, 6.07) is 0.479. The highest BCUT2D eigenvalue weighted by atomic mass is 15.0. The molecular formula is C7H16N2. The van der Waals surface area contributed by atoms with Crippen molar-refractivity contribution in [1.29, 1.82) is 0 Å². The lowest BCUT2D eigenvalue weighted by Crippen LogP contribution is -2.33. The van der Waals surface area contributed by atoms with Crippen LogP contribution in [0.25, 0.3) is 0 Å². The maximum atomic E-state index is 3.74. The molecule has 0 amide bonds. The van der Waals surface area contributed by atoms with E-state index in [0.29, 0.717) is 6.04 Å². The van der Waals surface area contributed by atoms with Crippen molar-refractivity contribution in [1.82, 2.24) is 10.6 Å². The van der Waals surface area contributed by atoms with Crippen molar-refractivity contribution < 1.29 is 0 Å². The van der Waals surface area contributed by atoms with Crippen LogP contribution >= 0.6 is 0 Å². The molecule has 0 aromatic carbocycles. The van der Waals surface area contributed by atoms with Crippen molar-refractivity contribution in [2.24, 2.45) is 0 Å². The van der Waals surface area contributed by atoms with E-state index in [1.807, 2.05) is 14.0 Å². The van der Waals surface area contributed by atoms with E-state index in [1.54, 1.807) is 0 Å². The first-order chi connectivity index (χ1) is 4.16. The summed E-state index contributed by atoms with van der Waals surface area (Å²) in [7, 11) is 1.94. The average molecular weight is 128 g/mol. The van der Waals surface area contributed by atoms with E-state index in [0.717, 1.165) is 12.2 Å². The molecule has 0 rings (SSSR count). The Morgan fingerprint density at radius 2 is 2.22 bits per heavy atom. The van der Waals surface area contributed by atoms with Gasteiger partial charge in [-0.05, 0) is 20.9 Å². The number of allylic oxidation sites excluding steroid dienone is 1. The van der Waals surface area contributed by atoms with Crippen molar-refractivity contribution in [2.75, 3.05) is 13.6 Å². The SMILES string of the molecule is C=C(C)NC(C)CNC. The zero-order chi connectivity index (χ0) is 7.28. The number of hydrogen-bond acceptors (Lipinski definition) is 2. The summed E-state index contributed by atoms with van der Waals surface area (Å²) in [5, 5.41) is 6.26. The molecule has 0 saturated carbocycles. The second-order valence-electron chi connectivity index (χ2n) is 2.38. The largest absolute Gasteiger partial charge is 0.385 e. The fraction of sp³-hybridized carbons (Fsp3) is 0.714. The molecule has 2 N–H and O–H groups in total. The van der Waals surface area contributed by atoms with Crippen LogP contribution in [-0.2, 0) is 0 Å². The van der Waals surface area contributed by atoms with Gasteiger partial charge in [-0.15, -0.1) is 0 Å². The standard InChI is InChI=1S/C7H16N2/c1-6(2)9-7(3)5-8-4/h7-9H,1,5H2,2-4H3. The Balaban J connectivity index is 3.26. The lowest BCUT2D eigenvalue weighted by Gasteiger charge is -2.13. The smallest absolute Gasteiger partial charge is 0.0354 e. The van der Waals surface area contributed by atoms with E-state index in [4.69, 9.17) is 0 Å². The summed E-state index contributed by atoms with van der Waals surface area (Å²) in [5.41, 5.74) is 1.03. The Kier molecular flexibility index (Phi) is 4.14. The Morgan fingerprint density at radius 1 is 1.67 bits per heavy atom. The first kappa shape index (κ1) is 8.50. The molecule has 0 aromatic rings. The first-order valence-electron chi connectivity index (χ1n) is 3.23. The third-order valence-electron chi connectivity index (χ3n) is 1.00. The normalized spacial score (nSPS) is 12.8. The molecule has 54 valence electrons. The summed E-state index contributed by atoms with van der Waals surface area (Å²) in [6.07, 6.45) is 0. The van der Waals surface area contributed by atoms with Crippen molar-refractivity contribution in [2.45, 2.75) is 19.9 Å². The van der Waals surface area contributed by atoms with Crippen molar-refractivity contribution in [3.8, 4) is 0 Å². The van der Waals surface area contributed by atoms with Crippen LogP contribution in [0.15, 0.2) is 12.3 Å². The van der Waals surface area contributed by atoms with Crippen LogP contribution in [0.3, 0.4) is 0 Å². The zero-order valence-corrected chi connectivity index (χ0v) is 6.49. The Morgan fingerprint density at radius 3 is 2.56 bits per heavy atom. The topological polar surface area (TPSA) is 24.1 Å². The van der Waals surface area contributed by atoms with Crippen molar-refractivity contribution >= 4 is 0 Å². The van der Waals surface area contributed by atoms with Gasteiger partial charge in [-0.3, -0.25) is 0 Å². The van der Waals surface area contributed by atoms with Gasteiger partial charge >= 0.3 is 0 Å². The van der Waals surface area contributed by atoms with E-state index < -0.39 is 0 Å². The Bertz CT molecular complexity index is 88.9. The van der Waals surface area contributed by atoms with Gasteiger partial charge < -0.3 is 10.6 Å². The van der Waals surface area contributed by atoms with Gasteiger partial charge in [-0.2, -0.15) is 0 Å². The van der Waals surface area contributed by atoms with Crippen LogP contribution in [-0.4, -0.2) is 19.6 Å². The highest BCUT2D eigenvalue weighted by Crippen LogP contribution is 1.83. The highest BCUT2D eigenvalue weighted by molar-refractivity contribution is 4.87. The third-order valence-corrected chi connectivity index (χ3v) is 1.00. The molecule has 0 saturated heterocycles. The maximum Gasteiger partial charge on any atom is 0.0354 e. The molecule has 2 nitrogen and oxygen atoms in total. The average Bonchev–Trinajstić information content (AvgIpc) is 1.63. The molecule has 0 heterocycles. The molecule has 0 aliphatic carbocycles. The highest BCUT2D eigenvalue weighted by Gasteiger charge is 1.95. The summed E-state index contributed by atoms with van der Waals surface area (Å²) in [4.78, 5) is 0. The van der Waals surface area contributed by atoms with Gasteiger partial charge in [-0.25, -0.2) is 0 Å². The second kappa shape index (κ2) is 4.39. The predicted octanol–water partition coefficient (Wildman–Crippen LogP) is 0.717. The van der Waals surface area contributed by atoms with Crippen LogP contribution in [0.1, 0.15) is 13.8 Å². The summed E-state index contributed by atoms with van der Waals surface area (Å²) < 4.78 is 0. The van der Waals surface area contributed by atoms with Gasteiger partial charge in [0, 0.05) is 18.3 Å². The zero-order valence-electron chi connectivity index (χ0n) is 6.49. The fourth-order valence-corrected chi connectivity index (χ4v) is 0.778. The Labute approximate surface area is 57.3 Å². The molecule has 0 bridgehead atoms. The molecule has 2 heteroatoms. The maximum absolute atomic E-state index is 3.74. The van der Waals surface area contributed by atoms with E-state index in [9.17, 15) is 0 Å². The first-order valence-corrected chi connectivity index (χ1v) is 3.23. The molecular weight excluding hydrogens is 112 g/mol. The molecule has 0 spiro atoms. The van der Waals surface area contributed by atoms with Crippen LogP contribution in [0.4, 0.5) is 0 Å². The Hall–Kier alpha value is -0.500. The monoisotopic (exact) mass is 128 g/mol. The summed E-state index contributed by atoms with van der Waals surface area (Å²) >= 11 is 0. The number of rotatable bonds is 4. The number of nitrogens with one attached hydrogen (secondary N) is 2. The minimum absolute atomic E-state index is 0.479. The summed E-state index contributed by atoms with van der Waals surface area (Å²) in [5.74, 6) is 0. The van der Waals surface area contributed by atoms with Crippen LogP contribution < -0.4 is 10.6 Å².